The quantitative estimate of drug-likeness (QED) is 0.657. The average Bonchev–Trinajstić information content (AvgIpc) is 2.37. The van der Waals surface area contributed by atoms with Crippen LogP contribution in [-0.2, 0) is 24.3 Å². The maximum absolute atomic E-state index is 11.7. The summed E-state index contributed by atoms with van der Waals surface area (Å²) >= 11 is 0. The number of rotatable bonds is 5. The molecular weight excluding hydrogens is 304 g/mol. The van der Waals surface area contributed by atoms with Gasteiger partial charge in [-0.2, -0.15) is 0 Å². The van der Waals surface area contributed by atoms with Crippen molar-refractivity contribution in [2.75, 3.05) is 12.4 Å². The molecule has 0 unspecified atom stereocenters. The number of carboxylic acids is 1. The van der Waals surface area contributed by atoms with Gasteiger partial charge in [-0.3, -0.25) is 9.59 Å². The van der Waals surface area contributed by atoms with Gasteiger partial charge in [-0.15, -0.1) is 0 Å². The van der Waals surface area contributed by atoms with Crippen molar-refractivity contribution < 1.29 is 32.6 Å². The van der Waals surface area contributed by atoms with E-state index >= 15 is 0 Å². The molecule has 114 valence electrons. The van der Waals surface area contributed by atoms with E-state index in [1.54, 1.807) is 4.72 Å². The molecule has 0 aliphatic heterocycles. The Hall–Kier alpha value is -2.62. The zero-order valence-corrected chi connectivity index (χ0v) is 11.6. The van der Waals surface area contributed by atoms with Crippen molar-refractivity contribution in [1.29, 1.82) is 0 Å². The molecule has 1 aromatic carbocycles. The normalized spacial score (nSPS) is 10.5. The average molecular weight is 316 g/mol. The van der Waals surface area contributed by atoms with Gasteiger partial charge in [-0.05, 0) is 24.3 Å². The van der Waals surface area contributed by atoms with E-state index in [0.717, 1.165) is 19.2 Å². The fourth-order valence-electron chi connectivity index (χ4n) is 1.27. The van der Waals surface area contributed by atoms with E-state index in [1.165, 1.54) is 12.1 Å². The van der Waals surface area contributed by atoms with E-state index in [4.69, 9.17) is 5.11 Å². The van der Waals surface area contributed by atoms with Crippen LogP contribution in [0.4, 0.5) is 10.5 Å². The van der Waals surface area contributed by atoms with E-state index < -0.39 is 34.4 Å². The van der Waals surface area contributed by atoms with Crippen LogP contribution in [0.5, 0.6) is 0 Å². The standard InChI is InChI=1S/C11H12N2O7S/c1-20-11(17)13-21(18,19)8-4-2-7(3-5-8)12-9(14)6-10(15)16/h2-5H,6H2,1H3,(H,12,14)(H,13,17)(H,15,16). The number of carbonyl (C=O) groups is 3. The lowest BCUT2D eigenvalue weighted by molar-refractivity contribution is -0.139. The van der Waals surface area contributed by atoms with E-state index in [2.05, 4.69) is 10.1 Å². The van der Waals surface area contributed by atoms with Gasteiger partial charge in [0.25, 0.3) is 10.0 Å². The van der Waals surface area contributed by atoms with Gasteiger partial charge in [0.15, 0.2) is 0 Å². The molecule has 0 saturated heterocycles. The second-order valence-corrected chi connectivity index (χ2v) is 5.42. The van der Waals surface area contributed by atoms with Gasteiger partial charge in [0.05, 0.1) is 12.0 Å². The number of carbonyl (C=O) groups excluding carboxylic acids is 2. The minimum atomic E-state index is -4.07. The monoisotopic (exact) mass is 316 g/mol. The topological polar surface area (TPSA) is 139 Å². The molecule has 0 aliphatic rings. The smallest absolute Gasteiger partial charge is 0.420 e. The maximum atomic E-state index is 11.7. The van der Waals surface area contributed by atoms with Gasteiger partial charge in [-0.25, -0.2) is 17.9 Å². The predicted molar refractivity (Wildman–Crippen MR) is 70.1 cm³/mol. The molecule has 0 saturated carbocycles. The third-order valence-corrected chi connectivity index (χ3v) is 3.49. The highest BCUT2D eigenvalue weighted by Gasteiger charge is 2.17. The SMILES string of the molecule is COC(=O)NS(=O)(=O)c1ccc(NC(=O)CC(=O)O)cc1. The van der Waals surface area contributed by atoms with Gasteiger partial charge in [0.2, 0.25) is 5.91 Å². The summed E-state index contributed by atoms with van der Waals surface area (Å²) in [7, 11) is -3.05. The highest BCUT2D eigenvalue weighted by Crippen LogP contribution is 2.14. The Kier molecular flexibility index (Phi) is 5.24. The largest absolute Gasteiger partial charge is 0.481 e. The molecule has 2 amide bonds. The summed E-state index contributed by atoms with van der Waals surface area (Å²) in [6.45, 7) is 0. The van der Waals surface area contributed by atoms with Crippen LogP contribution in [0.3, 0.4) is 0 Å². The summed E-state index contributed by atoms with van der Waals surface area (Å²) in [6.07, 6.45) is -1.84. The van der Waals surface area contributed by atoms with Crippen molar-refractivity contribution in [3.8, 4) is 0 Å². The second-order valence-electron chi connectivity index (χ2n) is 3.74. The van der Waals surface area contributed by atoms with Crippen molar-refractivity contribution in [3.63, 3.8) is 0 Å². The van der Waals surface area contributed by atoms with E-state index in [0.29, 0.717) is 0 Å². The van der Waals surface area contributed by atoms with Crippen LogP contribution >= 0.6 is 0 Å². The molecule has 0 aromatic heterocycles. The maximum Gasteiger partial charge on any atom is 0.420 e. The Labute approximate surface area is 120 Å². The molecule has 0 aliphatic carbocycles. The number of nitrogens with one attached hydrogen (secondary N) is 2. The first kappa shape index (κ1) is 16.4. The number of methoxy groups -OCH3 is 1. The number of ether oxygens (including phenoxy) is 1. The lowest BCUT2D eigenvalue weighted by atomic mass is 10.3. The summed E-state index contributed by atoms with van der Waals surface area (Å²) in [5, 5.41) is 10.7. The van der Waals surface area contributed by atoms with Gasteiger partial charge in [-0.1, -0.05) is 0 Å². The first-order valence-electron chi connectivity index (χ1n) is 5.47. The highest BCUT2D eigenvalue weighted by molar-refractivity contribution is 7.90. The predicted octanol–water partition coefficient (Wildman–Crippen LogP) is 0.144. The van der Waals surface area contributed by atoms with Crippen molar-refractivity contribution >= 4 is 33.7 Å². The summed E-state index contributed by atoms with van der Waals surface area (Å²) in [5.74, 6) is -2.03. The van der Waals surface area contributed by atoms with Crippen LogP contribution in [0.15, 0.2) is 29.2 Å². The molecule has 0 heterocycles. The number of benzene rings is 1. The van der Waals surface area contributed by atoms with E-state index in [9.17, 15) is 22.8 Å². The molecule has 3 N–H and O–H groups in total. The fourth-order valence-corrected chi connectivity index (χ4v) is 2.19. The lowest BCUT2D eigenvalue weighted by Gasteiger charge is -2.07. The number of hydrogen-bond donors (Lipinski definition) is 3. The number of anilines is 1. The third kappa shape index (κ3) is 5.10. The number of aliphatic carboxylic acids is 1. The second kappa shape index (κ2) is 6.70. The first-order valence-corrected chi connectivity index (χ1v) is 6.95. The fraction of sp³-hybridized carbons (Fsp3) is 0.182. The lowest BCUT2D eigenvalue weighted by Crippen LogP contribution is -2.30. The van der Waals surface area contributed by atoms with Crippen LogP contribution in [0.25, 0.3) is 0 Å². The molecule has 0 bridgehead atoms. The van der Waals surface area contributed by atoms with Crippen molar-refractivity contribution in [2.24, 2.45) is 0 Å². The summed E-state index contributed by atoms with van der Waals surface area (Å²) in [5.41, 5.74) is 0.221. The highest BCUT2D eigenvalue weighted by atomic mass is 32.2. The summed E-state index contributed by atoms with van der Waals surface area (Å²) in [6, 6.07) is 4.79. The molecule has 0 radical (unpaired) electrons. The summed E-state index contributed by atoms with van der Waals surface area (Å²) < 4.78 is 29.2. The van der Waals surface area contributed by atoms with Crippen LogP contribution in [0, 0.1) is 0 Å². The molecule has 21 heavy (non-hydrogen) atoms. The minimum Gasteiger partial charge on any atom is -0.481 e. The molecule has 1 rings (SSSR count). The zero-order chi connectivity index (χ0) is 16.0. The van der Waals surface area contributed by atoms with Crippen LogP contribution in [0.1, 0.15) is 6.42 Å². The van der Waals surface area contributed by atoms with Crippen LogP contribution in [-0.4, -0.2) is 38.6 Å². The molecule has 9 nitrogen and oxygen atoms in total. The molecule has 10 heteroatoms. The van der Waals surface area contributed by atoms with Crippen molar-refractivity contribution in [3.05, 3.63) is 24.3 Å². The van der Waals surface area contributed by atoms with Gasteiger partial charge in [0.1, 0.15) is 6.42 Å². The Morgan fingerprint density at radius 3 is 2.24 bits per heavy atom. The number of sulfonamides is 1. The summed E-state index contributed by atoms with van der Waals surface area (Å²) in [4.78, 5) is 32.2. The molecular formula is C11H12N2O7S. The number of carboxylic acid groups (broad SMARTS) is 1. The number of hydrogen-bond acceptors (Lipinski definition) is 6. The zero-order valence-electron chi connectivity index (χ0n) is 10.8. The Morgan fingerprint density at radius 2 is 1.76 bits per heavy atom. The van der Waals surface area contributed by atoms with E-state index in [1.807, 2.05) is 0 Å². The van der Waals surface area contributed by atoms with Gasteiger partial charge >= 0.3 is 12.1 Å². The Bertz CT molecular complexity index is 652. The number of amides is 2. The molecule has 0 fully saturated rings. The minimum absolute atomic E-state index is 0.218. The Balaban J connectivity index is 2.80. The van der Waals surface area contributed by atoms with Gasteiger partial charge in [0, 0.05) is 5.69 Å². The molecule has 1 aromatic rings. The van der Waals surface area contributed by atoms with Crippen molar-refractivity contribution in [1.82, 2.24) is 4.72 Å². The molecule has 0 spiro atoms. The first-order chi connectivity index (χ1) is 9.74. The van der Waals surface area contributed by atoms with Crippen molar-refractivity contribution in [2.45, 2.75) is 11.3 Å². The van der Waals surface area contributed by atoms with Gasteiger partial charge < -0.3 is 15.2 Å². The Morgan fingerprint density at radius 1 is 1.19 bits per heavy atom. The van der Waals surface area contributed by atoms with Crippen LogP contribution in [0.2, 0.25) is 0 Å². The van der Waals surface area contributed by atoms with E-state index in [-0.39, 0.29) is 10.6 Å². The van der Waals surface area contributed by atoms with Crippen LogP contribution < -0.4 is 10.0 Å². The molecule has 0 atom stereocenters. The third-order valence-electron chi connectivity index (χ3n) is 2.16.